The Balaban J connectivity index is 1.75. The maximum absolute atomic E-state index is 12.9. The van der Waals surface area contributed by atoms with E-state index in [1.165, 1.54) is 0 Å². The summed E-state index contributed by atoms with van der Waals surface area (Å²) in [6.45, 7) is 8.05. The van der Waals surface area contributed by atoms with Gasteiger partial charge in [-0.25, -0.2) is 0 Å². The molecule has 0 bridgehead atoms. The van der Waals surface area contributed by atoms with E-state index in [0.29, 0.717) is 49.7 Å². The highest BCUT2D eigenvalue weighted by Gasteiger charge is 2.24. The van der Waals surface area contributed by atoms with Crippen molar-refractivity contribution in [3.63, 3.8) is 0 Å². The van der Waals surface area contributed by atoms with Gasteiger partial charge in [-0.2, -0.15) is 0 Å². The monoisotopic (exact) mass is 396 g/mol. The second-order valence-electron chi connectivity index (χ2n) is 7.15. The largest absolute Gasteiger partial charge is 0.480 e. The van der Waals surface area contributed by atoms with Crippen LogP contribution in [0.2, 0.25) is 0 Å². The summed E-state index contributed by atoms with van der Waals surface area (Å²) in [7, 11) is 0. The molecule has 1 N–H and O–H groups in total. The summed E-state index contributed by atoms with van der Waals surface area (Å²) in [5.74, 6) is 0.327. The minimum atomic E-state index is -0.651. The number of carbonyl (C=O) groups is 2. The van der Waals surface area contributed by atoms with E-state index in [4.69, 9.17) is 9.47 Å². The van der Waals surface area contributed by atoms with Crippen molar-refractivity contribution in [3.8, 4) is 5.75 Å². The van der Waals surface area contributed by atoms with Crippen LogP contribution >= 0.6 is 0 Å². The molecule has 1 fully saturated rings. The molecule has 2 amide bonds. The van der Waals surface area contributed by atoms with Crippen molar-refractivity contribution >= 4 is 17.5 Å². The molecule has 3 rings (SSSR count). The zero-order chi connectivity index (χ0) is 20.8. The molecule has 0 aromatic heterocycles. The molecule has 1 heterocycles. The van der Waals surface area contributed by atoms with Gasteiger partial charge in [-0.1, -0.05) is 31.2 Å². The number of hydrogen-bond acceptors (Lipinski definition) is 4. The quantitative estimate of drug-likeness (QED) is 0.811. The second-order valence-corrected chi connectivity index (χ2v) is 7.15. The summed E-state index contributed by atoms with van der Waals surface area (Å²) >= 11 is 0. The average Bonchev–Trinajstić information content (AvgIpc) is 2.75. The molecule has 6 nitrogen and oxygen atoms in total. The molecule has 1 atom stereocenters. The highest BCUT2D eigenvalue weighted by Crippen LogP contribution is 2.24. The van der Waals surface area contributed by atoms with E-state index in [0.717, 1.165) is 11.1 Å². The molecule has 6 heteroatoms. The molecule has 0 spiro atoms. The van der Waals surface area contributed by atoms with Gasteiger partial charge in [0, 0.05) is 13.1 Å². The Labute approximate surface area is 171 Å². The normalized spacial score (nSPS) is 14.9. The average molecular weight is 396 g/mol. The molecular formula is C23H28N2O4. The summed E-state index contributed by atoms with van der Waals surface area (Å²) < 4.78 is 11.3. The molecule has 0 saturated carbocycles. The molecule has 2 aromatic rings. The molecule has 0 radical (unpaired) electrons. The van der Waals surface area contributed by atoms with Crippen molar-refractivity contribution in [1.82, 2.24) is 4.90 Å². The van der Waals surface area contributed by atoms with Crippen LogP contribution < -0.4 is 10.1 Å². The van der Waals surface area contributed by atoms with Crippen LogP contribution in [-0.4, -0.2) is 49.1 Å². The fourth-order valence-corrected chi connectivity index (χ4v) is 3.26. The number of nitrogens with zero attached hydrogens (tertiary/aromatic N) is 1. The summed E-state index contributed by atoms with van der Waals surface area (Å²) in [6, 6.07) is 12.9. The second kappa shape index (κ2) is 9.56. The lowest BCUT2D eigenvalue weighted by Gasteiger charge is -2.27. The number of rotatable bonds is 6. The van der Waals surface area contributed by atoms with E-state index in [9.17, 15) is 9.59 Å². The van der Waals surface area contributed by atoms with Gasteiger partial charge in [-0.05, 0) is 49.6 Å². The lowest BCUT2D eigenvalue weighted by molar-refractivity contribution is -0.122. The fourth-order valence-electron chi connectivity index (χ4n) is 3.26. The minimum absolute atomic E-state index is 0.104. The van der Waals surface area contributed by atoms with Gasteiger partial charge in [0.2, 0.25) is 0 Å². The van der Waals surface area contributed by atoms with Gasteiger partial charge in [0.15, 0.2) is 6.10 Å². The topological polar surface area (TPSA) is 67.9 Å². The van der Waals surface area contributed by atoms with Crippen molar-refractivity contribution in [3.05, 3.63) is 59.2 Å². The Bertz CT molecular complexity index is 875. The van der Waals surface area contributed by atoms with Crippen molar-refractivity contribution in [1.29, 1.82) is 0 Å². The Morgan fingerprint density at radius 3 is 2.55 bits per heavy atom. The molecule has 0 unspecified atom stereocenters. The standard InChI is InChI=1S/C23H28N2O4/c1-4-20(29-21-11-7-8-16(2)17(21)3)22(26)24-19-10-6-5-9-18(19)23(27)25-12-14-28-15-13-25/h5-11,20H,4,12-15H2,1-3H3,(H,24,26)/t20-/m0/s1. The molecule has 2 aromatic carbocycles. The number of carbonyl (C=O) groups excluding carboxylic acids is 2. The van der Waals surface area contributed by atoms with Crippen molar-refractivity contribution < 1.29 is 19.1 Å². The first kappa shape index (κ1) is 20.9. The Morgan fingerprint density at radius 1 is 1.10 bits per heavy atom. The Hall–Kier alpha value is -2.86. The molecule has 1 aliphatic heterocycles. The van der Waals surface area contributed by atoms with Crippen molar-refractivity contribution in [2.45, 2.75) is 33.3 Å². The van der Waals surface area contributed by atoms with Crippen LogP contribution in [-0.2, 0) is 9.53 Å². The summed E-state index contributed by atoms with van der Waals surface area (Å²) in [5.41, 5.74) is 3.10. The van der Waals surface area contributed by atoms with Gasteiger partial charge in [-0.3, -0.25) is 9.59 Å². The lowest BCUT2D eigenvalue weighted by Crippen LogP contribution is -2.41. The number of anilines is 1. The van der Waals surface area contributed by atoms with E-state index in [2.05, 4.69) is 5.32 Å². The summed E-state index contributed by atoms with van der Waals surface area (Å²) in [6.07, 6.45) is -0.138. The molecule has 1 saturated heterocycles. The summed E-state index contributed by atoms with van der Waals surface area (Å²) in [4.78, 5) is 27.6. The molecule has 29 heavy (non-hydrogen) atoms. The number of morpholine rings is 1. The number of ether oxygens (including phenoxy) is 2. The lowest BCUT2D eigenvalue weighted by atomic mass is 10.1. The fraction of sp³-hybridized carbons (Fsp3) is 0.391. The summed E-state index contributed by atoms with van der Waals surface area (Å²) in [5, 5.41) is 2.89. The van der Waals surface area contributed by atoms with E-state index in [1.807, 2.05) is 39.0 Å². The smallest absolute Gasteiger partial charge is 0.265 e. The third-order valence-corrected chi connectivity index (χ3v) is 5.20. The number of amides is 2. The van der Waals surface area contributed by atoms with Gasteiger partial charge in [0.05, 0.1) is 24.5 Å². The van der Waals surface area contributed by atoms with Crippen LogP contribution in [0.3, 0.4) is 0 Å². The number of hydrogen-bond donors (Lipinski definition) is 1. The van der Waals surface area contributed by atoms with Gasteiger partial charge in [0.1, 0.15) is 5.75 Å². The van der Waals surface area contributed by atoms with Crippen LogP contribution in [0.25, 0.3) is 0 Å². The minimum Gasteiger partial charge on any atom is -0.480 e. The van der Waals surface area contributed by atoms with Crippen LogP contribution in [0.5, 0.6) is 5.75 Å². The molecule has 1 aliphatic rings. The molecule has 154 valence electrons. The maximum Gasteiger partial charge on any atom is 0.265 e. The Kier molecular flexibility index (Phi) is 6.88. The van der Waals surface area contributed by atoms with Gasteiger partial charge in [0.25, 0.3) is 11.8 Å². The Morgan fingerprint density at radius 2 is 1.83 bits per heavy atom. The number of para-hydroxylation sites is 1. The third kappa shape index (κ3) is 4.95. The van der Waals surface area contributed by atoms with Crippen LogP contribution in [0, 0.1) is 13.8 Å². The van der Waals surface area contributed by atoms with E-state index in [-0.39, 0.29) is 11.8 Å². The highest BCUT2D eigenvalue weighted by atomic mass is 16.5. The first-order chi connectivity index (χ1) is 14.0. The first-order valence-corrected chi connectivity index (χ1v) is 10.0. The zero-order valence-electron chi connectivity index (χ0n) is 17.2. The van der Waals surface area contributed by atoms with E-state index < -0.39 is 6.10 Å². The van der Waals surface area contributed by atoms with Crippen LogP contribution in [0.4, 0.5) is 5.69 Å². The number of nitrogens with one attached hydrogen (secondary N) is 1. The van der Waals surface area contributed by atoms with Crippen LogP contribution in [0.1, 0.15) is 34.8 Å². The number of benzene rings is 2. The zero-order valence-corrected chi connectivity index (χ0v) is 17.2. The van der Waals surface area contributed by atoms with Gasteiger partial charge in [-0.15, -0.1) is 0 Å². The predicted molar refractivity (Wildman–Crippen MR) is 112 cm³/mol. The van der Waals surface area contributed by atoms with Crippen LogP contribution in [0.15, 0.2) is 42.5 Å². The molecule has 0 aliphatic carbocycles. The SMILES string of the molecule is CC[C@H](Oc1cccc(C)c1C)C(=O)Nc1ccccc1C(=O)N1CCOCC1. The van der Waals surface area contributed by atoms with Crippen molar-refractivity contribution in [2.75, 3.05) is 31.6 Å². The molecular weight excluding hydrogens is 368 g/mol. The van der Waals surface area contributed by atoms with Crippen molar-refractivity contribution in [2.24, 2.45) is 0 Å². The predicted octanol–water partition coefficient (Wildman–Crippen LogP) is 3.57. The van der Waals surface area contributed by atoms with Gasteiger partial charge >= 0.3 is 0 Å². The first-order valence-electron chi connectivity index (χ1n) is 10.0. The van der Waals surface area contributed by atoms with Gasteiger partial charge < -0.3 is 19.7 Å². The number of aryl methyl sites for hydroxylation is 1. The van der Waals surface area contributed by atoms with E-state index in [1.54, 1.807) is 29.2 Å². The maximum atomic E-state index is 12.9. The van der Waals surface area contributed by atoms with E-state index >= 15 is 0 Å². The highest BCUT2D eigenvalue weighted by molar-refractivity contribution is 6.04. The third-order valence-electron chi connectivity index (χ3n) is 5.20.